The first-order chi connectivity index (χ1) is 7.58. The Morgan fingerprint density at radius 1 is 1.69 bits per heavy atom. The highest BCUT2D eigenvalue weighted by Crippen LogP contribution is 2.33. The molecule has 1 aromatic heterocycles. The number of carbonyl (C=O) groups excluding carboxylic acids is 1. The minimum absolute atomic E-state index is 0.0537. The molecular formula is C11H16BrN3O. The SMILES string of the molecule is CN(CC1CC(Br)C1)C(=O)c1cncn1C. The monoisotopic (exact) mass is 285 g/mol. The predicted molar refractivity (Wildman–Crippen MR) is 65.6 cm³/mol. The smallest absolute Gasteiger partial charge is 0.271 e. The highest BCUT2D eigenvalue weighted by Gasteiger charge is 2.29. The molecule has 1 heterocycles. The van der Waals surface area contributed by atoms with Crippen molar-refractivity contribution in [3.63, 3.8) is 0 Å². The van der Waals surface area contributed by atoms with Gasteiger partial charge in [-0.2, -0.15) is 0 Å². The van der Waals surface area contributed by atoms with Crippen LogP contribution in [0.2, 0.25) is 0 Å². The fraction of sp³-hybridized carbons (Fsp3) is 0.636. The number of carbonyl (C=O) groups is 1. The van der Waals surface area contributed by atoms with E-state index >= 15 is 0 Å². The van der Waals surface area contributed by atoms with E-state index in [0.717, 1.165) is 6.54 Å². The largest absolute Gasteiger partial charge is 0.340 e. The Hall–Kier alpha value is -0.840. The number of imidazole rings is 1. The molecule has 1 aromatic rings. The maximum atomic E-state index is 12.0. The molecule has 0 aromatic carbocycles. The van der Waals surface area contributed by atoms with Gasteiger partial charge in [-0.3, -0.25) is 4.79 Å². The normalized spacial score (nSPS) is 23.9. The van der Waals surface area contributed by atoms with Gasteiger partial charge in [0.05, 0.1) is 12.5 Å². The molecule has 1 amide bonds. The molecule has 0 unspecified atom stereocenters. The molecule has 0 N–H and O–H groups in total. The van der Waals surface area contributed by atoms with Crippen molar-refractivity contribution in [2.75, 3.05) is 13.6 Å². The molecule has 0 aliphatic heterocycles. The van der Waals surface area contributed by atoms with E-state index in [1.165, 1.54) is 12.8 Å². The summed E-state index contributed by atoms with van der Waals surface area (Å²) in [7, 11) is 3.70. The summed E-state index contributed by atoms with van der Waals surface area (Å²) in [6, 6.07) is 0. The lowest BCUT2D eigenvalue weighted by atomic mass is 9.85. The first-order valence-corrected chi connectivity index (χ1v) is 6.35. The summed E-state index contributed by atoms with van der Waals surface area (Å²) in [6.07, 6.45) is 5.61. The number of nitrogens with zero attached hydrogens (tertiary/aromatic N) is 3. The Morgan fingerprint density at radius 2 is 2.38 bits per heavy atom. The molecule has 0 saturated heterocycles. The van der Waals surface area contributed by atoms with E-state index in [-0.39, 0.29) is 5.91 Å². The first kappa shape index (κ1) is 11.6. The van der Waals surface area contributed by atoms with E-state index < -0.39 is 0 Å². The van der Waals surface area contributed by atoms with Crippen LogP contribution >= 0.6 is 15.9 Å². The van der Waals surface area contributed by atoms with Crippen LogP contribution in [0.3, 0.4) is 0 Å². The van der Waals surface area contributed by atoms with Crippen LogP contribution in [0.1, 0.15) is 23.3 Å². The molecular weight excluding hydrogens is 270 g/mol. The summed E-state index contributed by atoms with van der Waals surface area (Å²) in [4.78, 5) is 18.4. The fourth-order valence-electron chi connectivity index (χ4n) is 2.03. The second kappa shape index (κ2) is 4.57. The maximum Gasteiger partial charge on any atom is 0.271 e. The second-order valence-corrected chi connectivity index (χ2v) is 5.81. The summed E-state index contributed by atoms with van der Waals surface area (Å²) < 4.78 is 1.76. The zero-order valence-corrected chi connectivity index (χ0v) is 11.1. The van der Waals surface area contributed by atoms with Gasteiger partial charge in [-0.1, -0.05) is 15.9 Å². The van der Waals surface area contributed by atoms with Crippen LogP contribution in [-0.2, 0) is 7.05 Å². The summed E-state index contributed by atoms with van der Waals surface area (Å²) in [5.74, 6) is 0.699. The van der Waals surface area contributed by atoms with Crippen molar-refractivity contribution >= 4 is 21.8 Å². The molecule has 1 aliphatic rings. The van der Waals surface area contributed by atoms with Gasteiger partial charge < -0.3 is 9.47 Å². The van der Waals surface area contributed by atoms with Crippen molar-refractivity contribution < 1.29 is 4.79 Å². The minimum Gasteiger partial charge on any atom is -0.340 e. The number of aryl methyl sites for hydroxylation is 1. The lowest BCUT2D eigenvalue weighted by molar-refractivity contribution is 0.0739. The summed E-state index contributed by atoms with van der Waals surface area (Å²) in [6.45, 7) is 0.839. The van der Waals surface area contributed by atoms with Crippen LogP contribution < -0.4 is 0 Å². The van der Waals surface area contributed by atoms with Gasteiger partial charge in [-0.15, -0.1) is 0 Å². The first-order valence-electron chi connectivity index (χ1n) is 5.43. The van der Waals surface area contributed by atoms with Crippen LogP contribution in [0.5, 0.6) is 0 Å². The Balaban J connectivity index is 1.92. The number of alkyl halides is 1. The van der Waals surface area contributed by atoms with E-state index in [1.807, 2.05) is 14.1 Å². The number of halogens is 1. The van der Waals surface area contributed by atoms with Crippen molar-refractivity contribution in [1.82, 2.24) is 14.5 Å². The third kappa shape index (κ3) is 2.29. The Labute approximate surface area is 104 Å². The van der Waals surface area contributed by atoms with Crippen LogP contribution in [0.4, 0.5) is 0 Å². The van der Waals surface area contributed by atoms with Crippen LogP contribution in [0, 0.1) is 5.92 Å². The maximum absolute atomic E-state index is 12.0. The lowest BCUT2D eigenvalue weighted by Crippen LogP contribution is -2.38. The topological polar surface area (TPSA) is 38.1 Å². The van der Waals surface area contributed by atoms with Gasteiger partial charge in [0.1, 0.15) is 5.69 Å². The lowest BCUT2D eigenvalue weighted by Gasteiger charge is -2.34. The van der Waals surface area contributed by atoms with E-state index in [2.05, 4.69) is 20.9 Å². The van der Waals surface area contributed by atoms with Crippen molar-refractivity contribution in [3.05, 3.63) is 18.2 Å². The second-order valence-electron chi connectivity index (χ2n) is 4.51. The standard InChI is InChI=1S/C11H16BrN3O/c1-14(6-8-3-9(12)4-8)11(16)10-5-13-7-15(10)2/h5,7-9H,3-4,6H2,1-2H3. The van der Waals surface area contributed by atoms with Gasteiger partial charge in [0, 0.05) is 25.5 Å². The Bertz CT molecular complexity index is 384. The van der Waals surface area contributed by atoms with Crippen molar-refractivity contribution in [2.45, 2.75) is 17.7 Å². The Morgan fingerprint density at radius 3 is 2.88 bits per heavy atom. The molecule has 2 rings (SSSR count). The van der Waals surface area contributed by atoms with Gasteiger partial charge in [0.15, 0.2) is 0 Å². The average molecular weight is 286 g/mol. The molecule has 88 valence electrons. The summed E-state index contributed by atoms with van der Waals surface area (Å²) >= 11 is 3.56. The highest BCUT2D eigenvalue weighted by molar-refractivity contribution is 9.09. The molecule has 0 spiro atoms. The van der Waals surface area contributed by atoms with Gasteiger partial charge >= 0.3 is 0 Å². The highest BCUT2D eigenvalue weighted by atomic mass is 79.9. The Kier molecular flexibility index (Phi) is 3.33. The number of aromatic nitrogens is 2. The zero-order chi connectivity index (χ0) is 11.7. The quantitative estimate of drug-likeness (QED) is 0.793. The molecule has 16 heavy (non-hydrogen) atoms. The third-order valence-electron chi connectivity index (χ3n) is 3.09. The molecule has 1 fully saturated rings. The van der Waals surface area contributed by atoms with E-state index in [9.17, 15) is 4.79 Å². The number of hydrogen-bond acceptors (Lipinski definition) is 2. The van der Waals surface area contributed by atoms with Crippen molar-refractivity contribution in [1.29, 1.82) is 0 Å². The van der Waals surface area contributed by atoms with Gasteiger partial charge in [-0.05, 0) is 18.8 Å². The summed E-state index contributed by atoms with van der Waals surface area (Å²) in [5, 5.41) is 0. The molecule has 1 saturated carbocycles. The zero-order valence-electron chi connectivity index (χ0n) is 9.56. The van der Waals surface area contributed by atoms with Crippen LogP contribution in [0.15, 0.2) is 12.5 Å². The molecule has 5 heteroatoms. The summed E-state index contributed by atoms with van der Waals surface area (Å²) in [5.41, 5.74) is 0.650. The van der Waals surface area contributed by atoms with Gasteiger partial charge in [0.25, 0.3) is 5.91 Å². The fourth-order valence-corrected chi connectivity index (χ4v) is 3.09. The molecule has 0 radical (unpaired) electrons. The third-order valence-corrected chi connectivity index (χ3v) is 3.84. The number of hydrogen-bond donors (Lipinski definition) is 0. The van der Waals surface area contributed by atoms with Gasteiger partial charge in [-0.25, -0.2) is 4.98 Å². The van der Waals surface area contributed by atoms with E-state index in [1.54, 1.807) is 22.0 Å². The van der Waals surface area contributed by atoms with Crippen LogP contribution in [0.25, 0.3) is 0 Å². The minimum atomic E-state index is 0.0537. The van der Waals surface area contributed by atoms with E-state index in [0.29, 0.717) is 16.4 Å². The van der Waals surface area contributed by atoms with Gasteiger partial charge in [0.2, 0.25) is 0 Å². The number of amides is 1. The van der Waals surface area contributed by atoms with E-state index in [4.69, 9.17) is 0 Å². The van der Waals surface area contributed by atoms with Crippen LogP contribution in [-0.4, -0.2) is 38.8 Å². The number of rotatable bonds is 3. The predicted octanol–water partition coefficient (Wildman–Crippen LogP) is 1.67. The molecule has 0 atom stereocenters. The molecule has 0 bridgehead atoms. The average Bonchev–Trinajstić information content (AvgIpc) is 2.61. The van der Waals surface area contributed by atoms with Crippen molar-refractivity contribution in [2.24, 2.45) is 13.0 Å². The molecule has 1 aliphatic carbocycles. The molecule has 4 nitrogen and oxygen atoms in total. The van der Waals surface area contributed by atoms with Crippen molar-refractivity contribution in [3.8, 4) is 0 Å².